The van der Waals surface area contributed by atoms with Crippen molar-refractivity contribution >= 4 is 39.5 Å². The third-order valence-electron chi connectivity index (χ3n) is 3.13. The fraction of sp³-hybridized carbons (Fsp3) is 0.200. The maximum absolute atomic E-state index is 6.21. The van der Waals surface area contributed by atoms with Gasteiger partial charge in [0.05, 0.1) is 17.2 Å². The molecular formula is C15H14ClN3S. The van der Waals surface area contributed by atoms with E-state index < -0.39 is 0 Å². The van der Waals surface area contributed by atoms with Gasteiger partial charge in [0.25, 0.3) is 0 Å². The van der Waals surface area contributed by atoms with E-state index in [-0.39, 0.29) is 0 Å². The molecule has 0 aliphatic carbocycles. The highest BCUT2D eigenvalue weighted by molar-refractivity contribution is 7.11. The van der Waals surface area contributed by atoms with Gasteiger partial charge in [-0.2, -0.15) is 0 Å². The number of benzene rings is 1. The van der Waals surface area contributed by atoms with Crippen LogP contribution in [0, 0.1) is 13.8 Å². The summed E-state index contributed by atoms with van der Waals surface area (Å²) >= 11 is 7.93. The summed E-state index contributed by atoms with van der Waals surface area (Å²) in [7, 11) is 0. The highest BCUT2D eigenvalue weighted by atomic mass is 35.5. The van der Waals surface area contributed by atoms with Crippen LogP contribution >= 0.6 is 22.9 Å². The van der Waals surface area contributed by atoms with Gasteiger partial charge >= 0.3 is 0 Å². The summed E-state index contributed by atoms with van der Waals surface area (Å²) in [5.41, 5.74) is 1.07. The quantitative estimate of drug-likeness (QED) is 0.720. The Morgan fingerprint density at radius 3 is 2.75 bits per heavy atom. The lowest BCUT2D eigenvalue weighted by Gasteiger charge is -2.07. The predicted octanol–water partition coefficient (Wildman–Crippen LogP) is 4.57. The maximum Gasteiger partial charge on any atom is 0.139 e. The van der Waals surface area contributed by atoms with Gasteiger partial charge in [-0.1, -0.05) is 35.9 Å². The Balaban J connectivity index is 1.86. The second-order valence-electron chi connectivity index (χ2n) is 4.61. The van der Waals surface area contributed by atoms with Crippen LogP contribution in [-0.2, 0) is 6.54 Å². The minimum atomic E-state index is 0.525. The smallest absolute Gasteiger partial charge is 0.139 e. The minimum absolute atomic E-state index is 0.525. The number of aryl methyl sites for hydroxylation is 2. The van der Waals surface area contributed by atoms with Gasteiger partial charge in [0, 0.05) is 10.3 Å². The molecule has 2 aromatic heterocycles. The molecule has 0 bridgehead atoms. The lowest BCUT2D eigenvalue weighted by molar-refractivity contribution is 1.02. The molecule has 0 radical (unpaired) electrons. The third kappa shape index (κ3) is 2.62. The lowest BCUT2D eigenvalue weighted by atomic mass is 10.2. The first kappa shape index (κ1) is 13.3. The molecule has 0 spiro atoms. The van der Waals surface area contributed by atoms with Gasteiger partial charge in [-0.05, 0) is 25.3 Å². The molecule has 5 heteroatoms. The number of rotatable bonds is 3. The predicted molar refractivity (Wildman–Crippen MR) is 85.7 cm³/mol. The van der Waals surface area contributed by atoms with E-state index in [9.17, 15) is 0 Å². The van der Waals surface area contributed by atoms with Gasteiger partial charge in [-0.3, -0.25) is 0 Å². The summed E-state index contributed by atoms with van der Waals surface area (Å²) in [6.45, 7) is 4.77. The van der Waals surface area contributed by atoms with Crippen molar-refractivity contribution in [2.45, 2.75) is 20.4 Å². The number of halogens is 1. The van der Waals surface area contributed by atoms with Gasteiger partial charge in [0.15, 0.2) is 0 Å². The molecular weight excluding hydrogens is 290 g/mol. The van der Waals surface area contributed by atoms with Crippen molar-refractivity contribution in [1.29, 1.82) is 0 Å². The summed E-state index contributed by atoms with van der Waals surface area (Å²) in [6.07, 6.45) is 0. The number of nitrogens with zero attached hydrogens (tertiary/aromatic N) is 2. The highest BCUT2D eigenvalue weighted by Gasteiger charge is 2.07. The van der Waals surface area contributed by atoms with Crippen molar-refractivity contribution in [2.24, 2.45) is 0 Å². The fourth-order valence-electron chi connectivity index (χ4n) is 2.16. The number of hydrogen-bond donors (Lipinski definition) is 1. The largest absolute Gasteiger partial charge is 0.364 e. The van der Waals surface area contributed by atoms with Crippen LogP contribution in [0.3, 0.4) is 0 Å². The number of thiazole rings is 1. The molecule has 0 atom stereocenters. The number of aromatic nitrogens is 2. The molecule has 0 saturated heterocycles. The molecule has 0 fully saturated rings. The molecule has 3 nitrogen and oxygen atoms in total. The van der Waals surface area contributed by atoms with Crippen LogP contribution in [0.15, 0.2) is 30.3 Å². The van der Waals surface area contributed by atoms with E-state index in [1.54, 1.807) is 11.3 Å². The second-order valence-corrected chi connectivity index (χ2v) is 6.37. The van der Waals surface area contributed by atoms with Gasteiger partial charge in [-0.25, -0.2) is 9.97 Å². The number of pyridine rings is 1. The third-order valence-corrected chi connectivity index (χ3v) is 4.35. The first-order valence-electron chi connectivity index (χ1n) is 6.35. The summed E-state index contributed by atoms with van der Waals surface area (Å²) in [6, 6.07) is 9.98. The van der Waals surface area contributed by atoms with Crippen LogP contribution in [0.2, 0.25) is 5.15 Å². The van der Waals surface area contributed by atoms with Crippen LogP contribution in [0.5, 0.6) is 0 Å². The molecule has 3 rings (SSSR count). The van der Waals surface area contributed by atoms with Crippen molar-refractivity contribution in [3.8, 4) is 0 Å². The van der Waals surface area contributed by atoms with Gasteiger partial charge in [0.1, 0.15) is 11.0 Å². The van der Waals surface area contributed by atoms with E-state index in [1.807, 2.05) is 37.3 Å². The molecule has 0 amide bonds. The summed E-state index contributed by atoms with van der Waals surface area (Å²) in [5.74, 6) is 0.777. The second kappa shape index (κ2) is 5.38. The molecule has 0 saturated carbocycles. The monoisotopic (exact) mass is 303 g/mol. The number of nitrogens with one attached hydrogen (secondary N) is 1. The van der Waals surface area contributed by atoms with Gasteiger partial charge in [-0.15, -0.1) is 11.3 Å². The summed E-state index contributed by atoms with van der Waals surface area (Å²) in [5, 5.41) is 6.97. The zero-order valence-corrected chi connectivity index (χ0v) is 12.8. The van der Waals surface area contributed by atoms with E-state index in [0.29, 0.717) is 11.7 Å². The van der Waals surface area contributed by atoms with E-state index in [1.165, 1.54) is 4.88 Å². The number of anilines is 1. The molecule has 0 unspecified atom stereocenters. The van der Waals surface area contributed by atoms with Crippen LogP contribution in [0.25, 0.3) is 10.8 Å². The normalized spacial score (nSPS) is 10.9. The Morgan fingerprint density at radius 1 is 1.20 bits per heavy atom. The van der Waals surface area contributed by atoms with Crippen LogP contribution in [0.1, 0.15) is 15.6 Å². The molecule has 2 heterocycles. The van der Waals surface area contributed by atoms with Gasteiger partial charge in [0.2, 0.25) is 0 Å². The average Bonchev–Trinajstić information content (AvgIpc) is 2.75. The Morgan fingerprint density at radius 2 is 2.00 bits per heavy atom. The first-order valence-corrected chi connectivity index (χ1v) is 7.55. The van der Waals surface area contributed by atoms with Crippen molar-refractivity contribution in [1.82, 2.24) is 9.97 Å². The maximum atomic E-state index is 6.21. The standard InChI is InChI=1S/C15H14ClN3S/c1-9-13(18-10(2)20-9)8-17-14-7-11-5-3-4-6-12(11)15(16)19-14/h3-7H,8H2,1-2H3,(H,17,19). The Hall–Kier alpha value is -1.65. The zero-order chi connectivity index (χ0) is 14.1. The van der Waals surface area contributed by atoms with Crippen molar-refractivity contribution in [3.63, 3.8) is 0 Å². The van der Waals surface area contributed by atoms with E-state index in [0.717, 1.165) is 27.3 Å². The van der Waals surface area contributed by atoms with E-state index >= 15 is 0 Å². The van der Waals surface area contributed by atoms with Crippen molar-refractivity contribution in [3.05, 3.63) is 51.1 Å². The first-order chi connectivity index (χ1) is 9.63. The molecule has 1 N–H and O–H groups in total. The zero-order valence-electron chi connectivity index (χ0n) is 11.3. The van der Waals surface area contributed by atoms with Crippen molar-refractivity contribution < 1.29 is 0 Å². The molecule has 0 aliphatic rings. The Kier molecular flexibility index (Phi) is 3.59. The summed E-state index contributed by atoms with van der Waals surface area (Å²) in [4.78, 5) is 10.1. The Bertz CT molecular complexity index is 767. The molecule has 20 heavy (non-hydrogen) atoms. The fourth-order valence-corrected chi connectivity index (χ4v) is 3.25. The molecule has 3 aromatic rings. The SMILES string of the molecule is Cc1nc(CNc2cc3ccccc3c(Cl)n2)c(C)s1. The average molecular weight is 304 g/mol. The number of fused-ring (bicyclic) bond motifs is 1. The molecule has 102 valence electrons. The van der Waals surface area contributed by atoms with Crippen LogP contribution < -0.4 is 5.32 Å². The molecule has 0 aliphatic heterocycles. The summed E-state index contributed by atoms with van der Waals surface area (Å²) < 4.78 is 0. The Labute approximate surface area is 126 Å². The van der Waals surface area contributed by atoms with E-state index in [4.69, 9.17) is 11.6 Å². The lowest BCUT2D eigenvalue weighted by Crippen LogP contribution is -2.03. The van der Waals surface area contributed by atoms with Crippen LogP contribution in [0.4, 0.5) is 5.82 Å². The topological polar surface area (TPSA) is 37.8 Å². The van der Waals surface area contributed by atoms with Crippen molar-refractivity contribution in [2.75, 3.05) is 5.32 Å². The van der Waals surface area contributed by atoms with E-state index in [2.05, 4.69) is 22.2 Å². The van der Waals surface area contributed by atoms with Crippen LogP contribution in [-0.4, -0.2) is 9.97 Å². The molecule has 1 aromatic carbocycles. The highest BCUT2D eigenvalue weighted by Crippen LogP contribution is 2.25. The van der Waals surface area contributed by atoms with Gasteiger partial charge < -0.3 is 5.32 Å². The minimum Gasteiger partial charge on any atom is -0.364 e. The number of hydrogen-bond acceptors (Lipinski definition) is 4.